The van der Waals surface area contributed by atoms with Gasteiger partial charge in [0, 0.05) is 9.92 Å². The van der Waals surface area contributed by atoms with Crippen LogP contribution < -0.4 is 0 Å². The first-order valence-electron chi connectivity index (χ1n) is 4.31. The minimum atomic E-state index is 0.757. The molecule has 2 heteroatoms. The molecule has 2 aromatic carbocycles. The number of rotatable bonds is 1. The minimum absolute atomic E-state index is 0.757. The second-order valence-electron chi connectivity index (χ2n) is 3.06. The normalized spacial score (nSPS) is 10.1. The first-order chi connectivity index (χ1) is 6.75. The Morgan fingerprint density at radius 1 is 0.857 bits per heavy atom. The van der Waals surface area contributed by atoms with Crippen LogP contribution in [0.2, 0.25) is 5.02 Å². The minimum Gasteiger partial charge on any atom is -0.143 e. The van der Waals surface area contributed by atoms with Gasteiger partial charge in [-0.25, -0.2) is 0 Å². The van der Waals surface area contributed by atoms with Crippen molar-refractivity contribution in [2.45, 2.75) is 4.90 Å². The molecule has 0 aliphatic heterocycles. The molecule has 0 N–H and O–H groups in total. The summed E-state index contributed by atoms with van der Waals surface area (Å²) in [5.41, 5.74) is 2.26. The maximum Gasteiger partial charge on any atom is 0.0412 e. The van der Waals surface area contributed by atoms with Crippen LogP contribution in [0.1, 0.15) is 0 Å². The molecule has 0 nitrogen and oxygen atoms in total. The van der Waals surface area contributed by atoms with E-state index in [0.717, 1.165) is 21.0 Å². The summed E-state index contributed by atoms with van der Waals surface area (Å²) in [5.74, 6) is 0. The average Bonchev–Trinajstić information content (AvgIpc) is 2.18. The zero-order valence-electron chi connectivity index (χ0n) is 7.44. The highest BCUT2D eigenvalue weighted by molar-refractivity contribution is 7.80. The molecule has 0 spiro atoms. The topological polar surface area (TPSA) is 0 Å². The highest BCUT2D eigenvalue weighted by Crippen LogP contribution is 2.24. The summed E-state index contributed by atoms with van der Waals surface area (Å²) in [5, 5.41) is 0.757. The third kappa shape index (κ3) is 2.11. The Bertz CT molecular complexity index is 408. The van der Waals surface area contributed by atoms with E-state index in [-0.39, 0.29) is 0 Å². The second kappa shape index (κ2) is 4.07. The maximum atomic E-state index is 5.92. The van der Waals surface area contributed by atoms with E-state index >= 15 is 0 Å². The number of thiol groups is 1. The fourth-order valence-corrected chi connectivity index (χ4v) is 1.77. The van der Waals surface area contributed by atoms with Crippen LogP contribution in [0.25, 0.3) is 11.1 Å². The van der Waals surface area contributed by atoms with Crippen molar-refractivity contribution >= 4 is 24.2 Å². The third-order valence-electron chi connectivity index (χ3n) is 2.00. The van der Waals surface area contributed by atoms with Crippen LogP contribution in [-0.2, 0) is 0 Å². The van der Waals surface area contributed by atoms with Crippen molar-refractivity contribution in [3.63, 3.8) is 0 Å². The van der Waals surface area contributed by atoms with Crippen molar-refractivity contribution in [2.24, 2.45) is 0 Å². The lowest BCUT2D eigenvalue weighted by Gasteiger charge is -2.02. The Labute approximate surface area is 93.9 Å². The molecule has 0 unspecified atom stereocenters. The van der Waals surface area contributed by atoms with Gasteiger partial charge in [0.2, 0.25) is 0 Å². The van der Waals surface area contributed by atoms with Crippen LogP contribution in [0.15, 0.2) is 53.4 Å². The van der Waals surface area contributed by atoms with Gasteiger partial charge in [0.25, 0.3) is 0 Å². The summed E-state index contributed by atoms with van der Waals surface area (Å²) in [6.07, 6.45) is 0. The first-order valence-corrected chi connectivity index (χ1v) is 5.13. The Morgan fingerprint density at radius 2 is 1.50 bits per heavy atom. The molecular weight excluding hydrogens is 212 g/mol. The Morgan fingerprint density at radius 3 is 2.14 bits per heavy atom. The lowest BCUT2D eigenvalue weighted by molar-refractivity contribution is 1.47. The molecule has 2 rings (SSSR count). The van der Waals surface area contributed by atoms with Crippen LogP contribution in [-0.4, -0.2) is 0 Å². The monoisotopic (exact) mass is 220 g/mol. The molecule has 0 saturated heterocycles. The van der Waals surface area contributed by atoms with Gasteiger partial charge in [0.1, 0.15) is 0 Å². The summed E-state index contributed by atoms with van der Waals surface area (Å²) in [7, 11) is 0. The number of benzene rings is 2. The van der Waals surface area contributed by atoms with Gasteiger partial charge in [-0.1, -0.05) is 35.9 Å². The van der Waals surface area contributed by atoms with E-state index in [0.29, 0.717) is 0 Å². The van der Waals surface area contributed by atoms with E-state index in [9.17, 15) is 0 Å². The van der Waals surface area contributed by atoms with Gasteiger partial charge in [0.15, 0.2) is 0 Å². The van der Waals surface area contributed by atoms with Crippen LogP contribution in [0.5, 0.6) is 0 Å². The molecule has 0 bridgehead atoms. The zero-order valence-corrected chi connectivity index (χ0v) is 9.09. The largest absolute Gasteiger partial charge is 0.143 e. The van der Waals surface area contributed by atoms with E-state index in [4.69, 9.17) is 11.6 Å². The smallest absolute Gasteiger partial charge is 0.0412 e. The van der Waals surface area contributed by atoms with E-state index in [2.05, 4.69) is 12.6 Å². The van der Waals surface area contributed by atoms with Crippen LogP contribution in [0.4, 0.5) is 0 Å². The molecule has 0 atom stereocenters. The SMILES string of the molecule is Sc1cccc(-c2cccc(Cl)c2)c1. The molecule has 0 fully saturated rings. The standard InChI is InChI=1S/C12H9ClS/c13-11-5-1-3-9(7-11)10-4-2-6-12(14)8-10/h1-8,14H. The van der Waals surface area contributed by atoms with Crippen molar-refractivity contribution in [3.8, 4) is 11.1 Å². The summed E-state index contributed by atoms with van der Waals surface area (Å²) in [4.78, 5) is 0.961. The number of hydrogen-bond donors (Lipinski definition) is 1. The van der Waals surface area contributed by atoms with Crippen LogP contribution in [0, 0.1) is 0 Å². The molecule has 14 heavy (non-hydrogen) atoms. The number of halogens is 1. The quantitative estimate of drug-likeness (QED) is 0.681. The first kappa shape index (κ1) is 9.63. The molecule has 0 aliphatic carbocycles. The Kier molecular flexibility index (Phi) is 2.80. The van der Waals surface area contributed by atoms with Crippen molar-refractivity contribution < 1.29 is 0 Å². The van der Waals surface area contributed by atoms with E-state index in [1.807, 2.05) is 48.5 Å². The summed E-state index contributed by atoms with van der Waals surface area (Å²) in [6, 6.07) is 15.8. The molecule has 0 radical (unpaired) electrons. The van der Waals surface area contributed by atoms with Gasteiger partial charge in [-0.2, -0.15) is 0 Å². The molecule has 0 amide bonds. The fraction of sp³-hybridized carbons (Fsp3) is 0. The summed E-state index contributed by atoms with van der Waals surface area (Å²) in [6.45, 7) is 0. The van der Waals surface area contributed by atoms with Crippen LogP contribution in [0.3, 0.4) is 0 Å². The predicted octanol–water partition coefficient (Wildman–Crippen LogP) is 4.30. The van der Waals surface area contributed by atoms with Gasteiger partial charge in [-0.3, -0.25) is 0 Å². The highest BCUT2D eigenvalue weighted by atomic mass is 35.5. The Hall–Kier alpha value is -0.920. The van der Waals surface area contributed by atoms with Gasteiger partial charge in [-0.05, 0) is 35.4 Å². The molecule has 0 heterocycles. The molecule has 0 aliphatic rings. The van der Waals surface area contributed by atoms with Crippen molar-refractivity contribution in [2.75, 3.05) is 0 Å². The van der Waals surface area contributed by atoms with E-state index in [1.165, 1.54) is 0 Å². The molecule has 0 aromatic heterocycles. The van der Waals surface area contributed by atoms with Gasteiger partial charge >= 0.3 is 0 Å². The lowest BCUT2D eigenvalue weighted by atomic mass is 10.1. The molecule has 2 aromatic rings. The average molecular weight is 221 g/mol. The number of hydrogen-bond acceptors (Lipinski definition) is 1. The van der Waals surface area contributed by atoms with Crippen molar-refractivity contribution in [1.82, 2.24) is 0 Å². The van der Waals surface area contributed by atoms with Crippen molar-refractivity contribution in [1.29, 1.82) is 0 Å². The van der Waals surface area contributed by atoms with E-state index < -0.39 is 0 Å². The summed E-state index contributed by atoms with van der Waals surface area (Å²) < 4.78 is 0. The fourth-order valence-electron chi connectivity index (χ4n) is 1.35. The van der Waals surface area contributed by atoms with Crippen molar-refractivity contribution in [3.05, 3.63) is 53.6 Å². The molecule has 0 saturated carbocycles. The lowest BCUT2D eigenvalue weighted by Crippen LogP contribution is -1.77. The highest BCUT2D eigenvalue weighted by Gasteiger charge is 1.97. The zero-order chi connectivity index (χ0) is 9.97. The predicted molar refractivity (Wildman–Crippen MR) is 64.1 cm³/mol. The third-order valence-corrected chi connectivity index (χ3v) is 2.52. The Balaban J connectivity index is 2.49. The van der Waals surface area contributed by atoms with E-state index in [1.54, 1.807) is 0 Å². The van der Waals surface area contributed by atoms with Gasteiger partial charge < -0.3 is 0 Å². The second-order valence-corrected chi connectivity index (χ2v) is 4.01. The summed E-state index contributed by atoms with van der Waals surface area (Å²) >= 11 is 10.2. The van der Waals surface area contributed by atoms with Crippen LogP contribution >= 0.6 is 24.2 Å². The molecule has 70 valence electrons. The maximum absolute atomic E-state index is 5.92. The van der Waals surface area contributed by atoms with Gasteiger partial charge in [0.05, 0.1) is 0 Å². The van der Waals surface area contributed by atoms with Gasteiger partial charge in [-0.15, -0.1) is 12.6 Å². The molecular formula is C12H9ClS.